The molecule has 148 valence electrons. The first-order chi connectivity index (χ1) is 11.6. The van der Waals surface area contributed by atoms with Crippen LogP contribution >= 0.6 is 0 Å². The van der Waals surface area contributed by atoms with E-state index < -0.39 is 53.6 Å². The van der Waals surface area contributed by atoms with E-state index in [0.717, 1.165) is 0 Å². The number of halogens is 1. The molecular weight excluding hydrogens is 353 g/mol. The van der Waals surface area contributed by atoms with Crippen molar-refractivity contribution in [1.29, 1.82) is 0 Å². The van der Waals surface area contributed by atoms with Crippen LogP contribution in [-0.2, 0) is 23.8 Å². The summed E-state index contributed by atoms with van der Waals surface area (Å²) >= 11 is 0. The van der Waals surface area contributed by atoms with Gasteiger partial charge in [-0.15, -0.1) is 4.90 Å². The van der Waals surface area contributed by atoms with Gasteiger partial charge in [-0.3, -0.25) is 9.59 Å². The van der Waals surface area contributed by atoms with Crippen molar-refractivity contribution < 1.29 is 42.9 Å². The molecule has 1 saturated carbocycles. The van der Waals surface area contributed by atoms with E-state index >= 15 is 0 Å². The number of rotatable bonds is 4. The second-order valence-electron chi connectivity index (χ2n) is 7.85. The van der Waals surface area contributed by atoms with Gasteiger partial charge < -0.3 is 19.3 Å². The van der Waals surface area contributed by atoms with E-state index in [0.29, 0.717) is 0 Å². The van der Waals surface area contributed by atoms with Crippen molar-refractivity contribution in [2.75, 3.05) is 0 Å². The van der Waals surface area contributed by atoms with Gasteiger partial charge in [0.05, 0.1) is 11.8 Å². The standard InChI is InChI=1S/C16H24FNO8/c1-15(2,3)25-13(22)18(14(23)26-16(4,5)6)12(17)24-11(21)9-7-8(9)10(19)20/h8-9,12H,7H2,1-6H3,(H,19,20). The molecule has 0 aromatic carbocycles. The van der Waals surface area contributed by atoms with Crippen molar-refractivity contribution in [3.05, 3.63) is 0 Å². The Kier molecular flexibility index (Phi) is 6.22. The summed E-state index contributed by atoms with van der Waals surface area (Å²) in [6, 6.07) is 0. The molecule has 1 N–H and O–H groups in total. The molecule has 0 aromatic rings. The van der Waals surface area contributed by atoms with E-state index in [1.807, 2.05) is 0 Å². The minimum Gasteiger partial charge on any atom is -0.481 e. The summed E-state index contributed by atoms with van der Waals surface area (Å²) < 4.78 is 28.7. The van der Waals surface area contributed by atoms with E-state index in [2.05, 4.69) is 4.74 Å². The highest BCUT2D eigenvalue weighted by molar-refractivity contribution is 5.89. The Labute approximate surface area is 150 Å². The fourth-order valence-corrected chi connectivity index (χ4v) is 1.83. The predicted octanol–water partition coefficient (Wildman–Crippen LogP) is 2.68. The smallest absolute Gasteiger partial charge is 0.425 e. The lowest BCUT2D eigenvalue weighted by molar-refractivity contribution is -0.176. The van der Waals surface area contributed by atoms with E-state index in [1.165, 1.54) is 41.5 Å². The van der Waals surface area contributed by atoms with Gasteiger partial charge in [0.2, 0.25) is 0 Å². The topological polar surface area (TPSA) is 119 Å². The SMILES string of the molecule is CC(C)(C)OC(=O)N(C(=O)OC(C)(C)C)C(F)OC(=O)C1CC1C(=O)O. The third-order valence-corrected chi connectivity index (χ3v) is 3.01. The minimum atomic E-state index is -2.82. The number of esters is 1. The molecule has 26 heavy (non-hydrogen) atoms. The Hall–Kier alpha value is -2.39. The monoisotopic (exact) mass is 377 g/mol. The van der Waals surface area contributed by atoms with Gasteiger partial charge in [-0.25, -0.2) is 9.59 Å². The number of ether oxygens (including phenoxy) is 3. The molecule has 3 unspecified atom stereocenters. The highest BCUT2D eigenvalue weighted by Gasteiger charge is 2.51. The Morgan fingerprint density at radius 2 is 1.38 bits per heavy atom. The van der Waals surface area contributed by atoms with Gasteiger partial charge in [0.25, 0.3) is 0 Å². The molecule has 0 heterocycles. The molecule has 0 aromatic heterocycles. The largest absolute Gasteiger partial charge is 0.481 e. The zero-order valence-corrected chi connectivity index (χ0v) is 15.6. The maximum atomic E-state index is 14.4. The number of amides is 2. The summed E-state index contributed by atoms with van der Waals surface area (Å²) in [5, 5.41) is 8.79. The summed E-state index contributed by atoms with van der Waals surface area (Å²) in [5.41, 5.74) is -2.10. The minimum absolute atomic E-state index is 0.000236. The summed E-state index contributed by atoms with van der Waals surface area (Å²) in [6.07, 6.45) is -2.81. The van der Waals surface area contributed by atoms with Gasteiger partial charge in [0, 0.05) is 0 Å². The highest BCUT2D eigenvalue weighted by atomic mass is 19.1. The summed E-state index contributed by atoms with van der Waals surface area (Å²) in [4.78, 5) is 46.7. The van der Waals surface area contributed by atoms with Gasteiger partial charge in [0.1, 0.15) is 11.2 Å². The van der Waals surface area contributed by atoms with Crippen LogP contribution in [0, 0.1) is 11.8 Å². The first kappa shape index (κ1) is 21.7. The third-order valence-electron chi connectivity index (χ3n) is 3.01. The van der Waals surface area contributed by atoms with Crippen LogP contribution in [0.4, 0.5) is 14.0 Å². The van der Waals surface area contributed by atoms with Crippen LogP contribution in [0.25, 0.3) is 0 Å². The molecule has 0 bridgehead atoms. The van der Waals surface area contributed by atoms with Crippen LogP contribution in [0.5, 0.6) is 0 Å². The molecule has 1 aliphatic rings. The number of hydrogen-bond donors (Lipinski definition) is 1. The van der Waals surface area contributed by atoms with Crippen LogP contribution in [0.15, 0.2) is 0 Å². The third kappa shape index (κ3) is 6.49. The van der Waals surface area contributed by atoms with Crippen molar-refractivity contribution >= 4 is 24.1 Å². The van der Waals surface area contributed by atoms with Gasteiger partial charge in [-0.2, -0.15) is 4.39 Å². The Morgan fingerprint density at radius 3 is 1.69 bits per heavy atom. The molecule has 0 radical (unpaired) electrons. The van der Waals surface area contributed by atoms with Crippen molar-refractivity contribution in [2.45, 2.75) is 65.6 Å². The normalized spacial score (nSPS) is 20.6. The molecular formula is C16H24FNO8. The van der Waals surface area contributed by atoms with Gasteiger partial charge in [-0.1, -0.05) is 0 Å². The lowest BCUT2D eigenvalue weighted by Gasteiger charge is -2.29. The number of carbonyl (C=O) groups is 4. The maximum Gasteiger partial charge on any atom is 0.425 e. The zero-order valence-electron chi connectivity index (χ0n) is 15.6. The summed E-state index contributed by atoms with van der Waals surface area (Å²) in [7, 11) is 0. The van der Waals surface area contributed by atoms with Crippen molar-refractivity contribution in [2.24, 2.45) is 11.8 Å². The van der Waals surface area contributed by atoms with Crippen molar-refractivity contribution in [1.82, 2.24) is 4.90 Å². The average Bonchev–Trinajstić information content (AvgIpc) is 3.13. The number of imide groups is 1. The molecule has 1 rings (SSSR count). The predicted molar refractivity (Wildman–Crippen MR) is 84.5 cm³/mol. The van der Waals surface area contributed by atoms with Gasteiger partial charge >= 0.3 is 30.6 Å². The van der Waals surface area contributed by atoms with E-state index in [1.54, 1.807) is 0 Å². The van der Waals surface area contributed by atoms with E-state index in [-0.39, 0.29) is 11.3 Å². The molecule has 2 amide bonds. The van der Waals surface area contributed by atoms with Crippen LogP contribution in [0.2, 0.25) is 0 Å². The molecule has 1 aliphatic carbocycles. The van der Waals surface area contributed by atoms with Crippen LogP contribution in [0.1, 0.15) is 48.0 Å². The number of carboxylic acid groups (broad SMARTS) is 1. The van der Waals surface area contributed by atoms with Crippen LogP contribution in [-0.4, -0.2) is 51.8 Å². The molecule has 3 atom stereocenters. The number of nitrogens with zero attached hydrogens (tertiary/aromatic N) is 1. The quantitative estimate of drug-likeness (QED) is 0.344. The average molecular weight is 377 g/mol. The Balaban J connectivity index is 2.89. The molecule has 0 aliphatic heterocycles. The molecule has 10 heteroatoms. The molecule has 0 saturated heterocycles. The first-order valence-corrected chi connectivity index (χ1v) is 7.95. The molecule has 1 fully saturated rings. The number of hydrogen-bond acceptors (Lipinski definition) is 7. The fraction of sp³-hybridized carbons (Fsp3) is 0.750. The number of carboxylic acids is 1. The lowest BCUT2D eigenvalue weighted by Crippen LogP contribution is -2.49. The first-order valence-electron chi connectivity index (χ1n) is 7.95. The van der Waals surface area contributed by atoms with E-state index in [4.69, 9.17) is 14.6 Å². The lowest BCUT2D eigenvalue weighted by atomic mass is 10.2. The number of carbonyl (C=O) groups excluding carboxylic acids is 3. The molecule has 0 spiro atoms. The van der Waals surface area contributed by atoms with Gasteiger partial charge in [0.15, 0.2) is 0 Å². The maximum absolute atomic E-state index is 14.4. The molecule has 9 nitrogen and oxygen atoms in total. The number of aliphatic carboxylic acids is 1. The summed E-state index contributed by atoms with van der Waals surface area (Å²) in [5.74, 6) is -4.36. The highest BCUT2D eigenvalue weighted by Crippen LogP contribution is 2.40. The second kappa shape index (κ2) is 7.46. The Bertz CT molecular complexity index is 564. The van der Waals surface area contributed by atoms with Crippen molar-refractivity contribution in [3.8, 4) is 0 Å². The van der Waals surface area contributed by atoms with E-state index in [9.17, 15) is 23.6 Å². The van der Waals surface area contributed by atoms with Crippen LogP contribution in [0.3, 0.4) is 0 Å². The van der Waals surface area contributed by atoms with Gasteiger partial charge in [-0.05, 0) is 48.0 Å². The zero-order chi connectivity index (χ0) is 20.4. The Morgan fingerprint density at radius 1 is 0.962 bits per heavy atom. The summed E-state index contributed by atoms with van der Waals surface area (Å²) in [6.45, 7) is 6.18. The fourth-order valence-electron chi connectivity index (χ4n) is 1.83. The van der Waals surface area contributed by atoms with Crippen molar-refractivity contribution in [3.63, 3.8) is 0 Å². The second-order valence-corrected chi connectivity index (χ2v) is 7.85. The van der Waals surface area contributed by atoms with Crippen LogP contribution < -0.4 is 0 Å². The number of alkyl halides is 1.